The quantitative estimate of drug-likeness (QED) is 0.636. The van der Waals surface area contributed by atoms with Gasteiger partial charge < -0.3 is 10.0 Å². The minimum absolute atomic E-state index is 0.251. The molecule has 90 valence electrons. The summed E-state index contributed by atoms with van der Waals surface area (Å²) in [5.74, 6) is -0.919. The maximum Gasteiger partial charge on any atom is 0.253 e. The van der Waals surface area contributed by atoms with E-state index in [1.807, 2.05) is 0 Å². The largest absolute Gasteiger partial charge is 0.370 e. The lowest BCUT2D eigenvalue weighted by atomic mass is 10.3. The molecule has 2 aliphatic rings. The van der Waals surface area contributed by atoms with Crippen molar-refractivity contribution in [2.24, 2.45) is 0 Å². The molecule has 6 nitrogen and oxygen atoms in total. The lowest BCUT2D eigenvalue weighted by molar-refractivity contribution is -0.136. The monoisotopic (exact) mass is 236 g/mol. The molecule has 6 heteroatoms. The fraction of sp³-hybridized carbons (Fsp3) is 0.364. The van der Waals surface area contributed by atoms with Crippen LogP contribution in [0, 0.1) is 0 Å². The third kappa shape index (κ3) is 2.26. The molecule has 0 spiro atoms. The van der Waals surface area contributed by atoms with Crippen LogP contribution in [0.3, 0.4) is 0 Å². The predicted octanol–water partition coefficient (Wildman–Crippen LogP) is -0.982. The molecule has 0 fully saturated rings. The third-order valence-electron chi connectivity index (χ3n) is 2.69. The van der Waals surface area contributed by atoms with Crippen molar-refractivity contribution in [3.8, 4) is 0 Å². The van der Waals surface area contributed by atoms with E-state index in [1.165, 1.54) is 29.2 Å². The Morgan fingerprint density at radius 3 is 2.18 bits per heavy atom. The molecule has 0 aromatic rings. The molecule has 3 amide bonds. The Balaban J connectivity index is 1.79. The third-order valence-corrected chi connectivity index (χ3v) is 2.69. The maximum atomic E-state index is 11.3. The molecule has 0 aromatic carbocycles. The first-order valence-corrected chi connectivity index (χ1v) is 5.30. The molecule has 0 aliphatic carbocycles. The van der Waals surface area contributed by atoms with Crippen LogP contribution in [0.2, 0.25) is 0 Å². The van der Waals surface area contributed by atoms with Crippen LogP contribution in [0.15, 0.2) is 24.3 Å². The van der Waals surface area contributed by atoms with Crippen LogP contribution < -0.4 is 0 Å². The van der Waals surface area contributed by atoms with Gasteiger partial charge in [0.05, 0.1) is 0 Å². The van der Waals surface area contributed by atoms with Crippen LogP contribution in [0.1, 0.15) is 6.42 Å². The smallest absolute Gasteiger partial charge is 0.253 e. The van der Waals surface area contributed by atoms with Gasteiger partial charge in [0.25, 0.3) is 11.8 Å². The average molecular weight is 236 g/mol. The van der Waals surface area contributed by atoms with Crippen molar-refractivity contribution in [3.63, 3.8) is 0 Å². The molecule has 0 radical (unpaired) electrons. The van der Waals surface area contributed by atoms with E-state index in [4.69, 9.17) is 0 Å². The molecule has 1 unspecified atom stereocenters. The number of carbonyl (C=O) groups is 3. The number of nitrogens with zero attached hydrogens (tertiary/aromatic N) is 2. The number of hydrogen-bond acceptors (Lipinski definition) is 4. The van der Waals surface area contributed by atoms with Gasteiger partial charge in [0.2, 0.25) is 5.91 Å². The highest BCUT2D eigenvalue weighted by Crippen LogP contribution is 2.10. The van der Waals surface area contributed by atoms with Gasteiger partial charge in [-0.05, 0) is 12.5 Å². The number of amides is 3. The van der Waals surface area contributed by atoms with Gasteiger partial charge in [-0.3, -0.25) is 19.3 Å². The second-order valence-corrected chi connectivity index (χ2v) is 3.82. The highest BCUT2D eigenvalue weighted by Gasteiger charge is 2.25. The Labute approximate surface area is 97.8 Å². The number of hydrogen-bond donors (Lipinski definition) is 1. The Bertz CT molecular complexity index is 409. The van der Waals surface area contributed by atoms with E-state index in [0.717, 1.165) is 4.90 Å². The zero-order valence-corrected chi connectivity index (χ0v) is 9.07. The number of aliphatic hydroxyl groups excluding tert-OH is 1. The van der Waals surface area contributed by atoms with E-state index in [-0.39, 0.29) is 24.3 Å². The highest BCUT2D eigenvalue weighted by molar-refractivity contribution is 6.12. The molecule has 0 saturated carbocycles. The van der Waals surface area contributed by atoms with Gasteiger partial charge >= 0.3 is 0 Å². The van der Waals surface area contributed by atoms with Crippen LogP contribution >= 0.6 is 0 Å². The molecule has 1 atom stereocenters. The average Bonchev–Trinajstić information content (AvgIpc) is 2.77. The zero-order valence-electron chi connectivity index (χ0n) is 9.07. The highest BCUT2D eigenvalue weighted by atomic mass is 16.3. The minimum Gasteiger partial charge on any atom is -0.370 e. The molecule has 1 N–H and O–H groups in total. The topological polar surface area (TPSA) is 77.9 Å². The summed E-state index contributed by atoms with van der Waals surface area (Å²) in [5, 5.41) is 9.41. The van der Waals surface area contributed by atoms with Crippen molar-refractivity contribution < 1.29 is 19.5 Å². The molecule has 0 aromatic heterocycles. The molecule has 0 bridgehead atoms. The number of rotatable bonds is 4. The molecule has 2 heterocycles. The molecule has 0 saturated heterocycles. The lowest BCUT2D eigenvalue weighted by Gasteiger charge is -2.21. The first-order chi connectivity index (χ1) is 8.09. The fourth-order valence-corrected chi connectivity index (χ4v) is 1.79. The summed E-state index contributed by atoms with van der Waals surface area (Å²) >= 11 is 0. The van der Waals surface area contributed by atoms with E-state index in [9.17, 15) is 19.5 Å². The summed E-state index contributed by atoms with van der Waals surface area (Å²) in [4.78, 5) is 36.1. The van der Waals surface area contributed by atoms with Gasteiger partial charge in [-0.1, -0.05) is 0 Å². The van der Waals surface area contributed by atoms with Gasteiger partial charge in [0, 0.05) is 31.3 Å². The molecular weight excluding hydrogens is 224 g/mol. The lowest BCUT2D eigenvalue weighted by Crippen LogP contribution is -2.37. The summed E-state index contributed by atoms with van der Waals surface area (Å²) in [6, 6.07) is 0. The van der Waals surface area contributed by atoms with Gasteiger partial charge in [-0.2, -0.15) is 0 Å². The van der Waals surface area contributed by atoms with Crippen LogP contribution in [0.25, 0.3) is 0 Å². The summed E-state index contributed by atoms with van der Waals surface area (Å²) < 4.78 is 0. The van der Waals surface area contributed by atoms with E-state index in [1.54, 1.807) is 0 Å². The first-order valence-electron chi connectivity index (χ1n) is 5.30. The van der Waals surface area contributed by atoms with Crippen LogP contribution in [0.4, 0.5) is 0 Å². The molecule has 17 heavy (non-hydrogen) atoms. The predicted molar refractivity (Wildman–Crippen MR) is 57.3 cm³/mol. The van der Waals surface area contributed by atoms with E-state index < -0.39 is 6.23 Å². The number of imide groups is 1. The van der Waals surface area contributed by atoms with E-state index >= 15 is 0 Å². The first kappa shape index (κ1) is 11.5. The second-order valence-electron chi connectivity index (χ2n) is 3.82. The Morgan fingerprint density at radius 2 is 1.65 bits per heavy atom. The number of aliphatic hydroxyl groups is 1. The van der Waals surface area contributed by atoms with Gasteiger partial charge in [-0.15, -0.1) is 0 Å². The Morgan fingerprint density at radius 1 is 1.00 bits per heavy atom. The Kier molecular flexibility index (Phi) is 3.06. The minimum atomic E-state index is -0.898. The standard InChI is InChI=1S/C11H12N2O4/c14-8-2-3-9(15)12(8)6-1-7-13-10(16)4-5-11(13)17/h2-5,8,14H,1,6-7H2. The van der Waals surface area contributed by atoms with Crippen LogP contribution in [-0.2, 0) is 14.4 Å². The summed E-state index contributed by atoms with van der Waals surface area (Å²) in [6.45, 7) is 0.561. The van der Waals surface area contributed by atoms with Crippen molar-refractivity contribution in [3.05, 3.63) is 24.3 Å². The van der Waals surface area contributed by atoms with Crippen molar-refractivity contribution in [1.29, 1.82) is 0 Å². The second kappa shape index (κ2) is 4.50. The molecule has 2 rings (SSSR count). The van der Waals surface area contributed by atoms with Gasteiger partial charge in [-0.25, -0.2) is 0 Å². The van der Waals surface area contributed by atoms with E-state index in [2.05, 4.69) is 0 Å². The molecular formula is C11H12N2O4. The van der Waals surface area contributed by atoms with Crippen molar-refractivity contribution >= 4 is 17.7 Å². The Hall–Kier alpha value is -1.95. The van der Waals surface area contributed by atoms with Crippen molar-refractivity contribution in [2.45, 2.75) is 12.6 Å². The van der Waals surface area contributed by atoms with Crippen molar-refractivity contribution in [1.82, 2.24) is 9.80 Å². The van der Waals surface area contributed by atoms with Gasteiger partial charge in [0.15, 0.2) is 0 Å². The van der Waals surface area contributed by atoms with Crippen LogP contribution in [-0.4, -0.2) is 51.9 Å². The maximum absolute atomic E-state index is 11.3. The summed E-state index contributed by atoms with van der Waals surface area (Å²) in [5.41, 5.74) is 0. The van der Waals surface area contributed by atoms with Crippen LogP contribution in [0.5, 0.6) is 0 Å². The fourth-order valence-electron chi connectivity index (χ4n) is 1.79. The van der Waals surface area contributed by atoms with Crippen molar-refractivity contribution in [2.75, 3.05) is 13.1 Å². The molecule has 2 aliphatic heterocycles. The summed E-state index contributed by atoms with van der Waals surface area (Å²) in [7, 11) is 0. The van der Waals surface area contributed by atoms with E-state index in [0.29, 0.717) is 13.0 Å². The SMILES string of the molecule is O=C1C=CC(=O)N1CCCN1C(=O)C=CC1O. The zero-order chi connectivity index (χ0) is 12.4. The summed E-state index contributed by atoms with van der Waals surface area (Å²) in [6.07, 6.45) is 4.70. The normalized spacial score (nSPS) is 23.4. The van der Waals surface area contributed by atoms with Gasteiger partial charge in [0.1, 0.15) is 6.23 Å². The number of carbonyl (C=O) groups excluding carboxylic acids is 3.